The first kappa shape index (κ1) is 22.2. The van der Waals surface area contributed by atoms with Gasteiger partial charge in [0.1, 0.15) is 11.8 Å². The number of nitrogens with one attached hydrogen (secondary N) is 1. The number of alkyl halides is 3. The van der Waals surface area contributed by atoms with E-state index in [1.165, 1.54) is 0 Å². The predicted octanol–water partition coefficient (Wildman–Crippen LogP) is 3.54. The highest BCUT2D eigenvalue weighted by molar-refractivity contribution is 7.89. The van der Waals surface area contributed by atoms with Gasteiger partial charge in [-0.3, -0.25) is 4.79 Å². The number of esters is 1. The van der Waals surface area contributed by atoms with Crippen molar-refractivity contribution in [1.29, 1.82) is 0 Å². The SMILES string of the molecule is CCOC(=O)[C@@H](C[C@@H]1CC=CCC1)NS(=O)(=O)c1ccc(OC(F)(F)F)cc1. The van der Waals surface area contributed by atoms with Gasteiger partial charge in [-0.1, -0.05) is 12.2 Å². The summed E-state index contributed by atoms with van der Waals surface area (Å²) in [5.41, 5.74) is 0. The fourth-order valence-corrected chi connectivity index (χ4v) is 4.11. The number of sulfonamides is 1. The molecule has 0 saturated carbocycles. The summed E-state index contributed by atoms with van der Waals surface area (Å²) in [6.45, 7) is 1.72. The highest BCUT2D eigenvalue weighted by Crippen LogP contribution is 2.26. The third-order valence-corrected chi connectivity index (χ3v) is 5.67. The van der Waals surface area contributed by atoms with Crippen molar-refractivity contribution in [3.05, 3.63) is 36.4 Å². The molecule has 2 atom stereocenters. The standard InChI is InChI=1S/C18H22F3NO5S/c1-2-26-17(23)16(12-13-6-4-3-5-7-13)22-28(24,25)15-10-8-14(9-11-15)27-18(19,20)21/h3-4,8-11,13,16,22H,2,5-7,12H2,1H3/t13-,16-/m1/s1. The van der Waals surface area contributed by atoms with E-state index in [0.29, 0.717) is 0 Å². The molecule has 1 N–H and O–H groups in total. The maximum Gasteiger partial charge on any atom is 0.573 e. The van der Waals surface area contributed by atoms with Gasteiger partial charge in [-0.05, 0) is 62.8 Å². The Hall–Kier alpha value is -2.07. The minimum atomic E-state index is -4.87. The zero-order valence-corrected chi connectivity index (χ0v) is 16.1. The average Bonchev–Trinajstić information content (AvgIpc) is 2.61. The molecule has 0 spiro atoms. The second-order valence-electron chi connectivity index (χ2n) is 6.33. The van der Waals surface area contributed by atoms with Crippen molar-refractivity contribution in [2.45, 2.75) is 49.9 Å². The number of hydrogen-bond donors (Lipinski definition) is 1. The molecule has 0 unspecified atom stereocenters. The predicted molar refractivity (Wildman–Crippen MR) is 95.0 cm³/mol. The Morgan fingerprint density at radius 3 is 2.46 bits per heavy atom. The summed E-state index contributed by atoms with van der Waals surface area (Å²) in [5, 5.41) is 0. The largest absolute Gasteiger partial charge is 0.573 e. The van der Waals surface area contributed by atoms with Crippen LogP contribution in [0.3, 0.4) is 0 Å². The number of rotatable bonds is 8. The Bertz CT molecular complexity index is 790. The summed E-state index contributed by atoms with van der Waals surface area (Å²) >= 11 is 0. The number of ether oxygens (including phenoxy) is 2. The highest BCUT2D eigenvalue weighted by atomic mass is 32.2. The van der Waals surface area contributed by atoms with Gasteiger partial charge in [0.2, 0.25) is 10.0 Å². The molecule has 1 aromatic rings. The van der Waals surface area contributed by atoms with E-state index < -0.39 is 34.1 Å². The summed E-state index contributed by atoms with van der Waals surface area (Å²) < 4.78 is 72.9. The zero-order chi connectivity index (χ0) is 20.8. The lowest BCUT2D eigenvalue weighted by molar-refractivity contribution is -0.274. The van der Waals surface area contributed by atoms with Crippen LogP contribution in [0.15, 0.2) is 41.3 Å². The number of allylic oxidation sites excluding steroid dienone is 2. The normalized spacial score (nSPS) is 18.5. The molecular formula is C18H22F3NO5S. The van der Waals surface area contributed by atoms with Gasteiger partial charge in [-0.15, -0.1) is 13.2 Å². The van der Waals surface area contributed by atoms with E-state index in [1.54, 1.807) is 6.92 Å². The summed E-state index contributed by atoms with van der Waals surface area (Å²) in [6, 6.07) is 2.68. The van der Waals surface area contributed by atoms with Crippen molar-refractivity contribution in [2.24, 2.45) is 5.92 Å². The Balaban J connectivity index is 2.14. The molecule has 1 aliphatic carbocycles. The molecule has 10 heteroatoms. The summed E-state index contributed by atoms with van der Waals surface area (Å²) in [5.74, 6) is -1.09. The van der Waals surface area contributed by atoms with Gasteiger partial charge in [0.25, 0.3) is 0 Å². The molecule has 28 heavy (non-hydrogen) atoms. The van der Waals surface area contributed by atoms with E-state index in [4.69, 9.17) is 4.74 Å². The van der Waals surface area contributed by atoms with Crippen LogP contribution in [0.1, 0.15) is 32.6 Å². The maximum atomic E-state index is 12.6. The van der Waals surface area contributed by atoms with Crippen LogP contribution in [0, 0.1) is 5.92 Å². The van der Waals surface area contributed by atoms with Crippen molar-refractivity contribution in [3.8, 4) is 5.75 Å². The van der Waals surface area contributed by atoms with Gasteiger partial charge < -0.3 is 9.47 Å². The average molecular weight is 421 g/mol. The molecule has 0 heterocycles. The smallest absolute Gasteiger partial charge is 0.465 e. The van der Waals surface area contributed by atoms with Gasteiger partial charge in [0.15, 0.2) is 0 Å². The third kappa shape index (κ3) is 6.83. The maximum absolute atomic E-state index is 12.6. The molecule has 0 aromatic heterocycles. The van der Waals surface area contributed by atoms with E-state index in [-0.39, 0.29) is 23.8 Å². The monoisotopic (exact) mass is 421 g/mol. The lowest BCUT2D eigenvalue weighted by Crippen LogP contribution is -2.43. The summed E-state index contributed by atoms with van der Waals surface area (Å²) in [7, 11) is -4.14. The van der Waals surface area contributed by atoms with Gasteiger partial charge in [-0.25, -0.2) is 8.42 Å². The lowest BCUT2D eigenvalue weighted by Gasteiger charge is -2.24. The number of halogens is 3. The van der Waals surface area contributed by atoms with Crippen LogP contribution in [-0.4, -0.2) is 33.4 Å². The van der Waals surface area contributed by atoms with Crippen LogP contribution in [0.25, 0.3) is 0 Å². The van der Waals surface area contributed by atoms with Crippen LogP contribution in [-0.2, 0) is 19.6 Å². The van der Waals surface area contributed by atoms with Gasteiger partial charge >= 0.3 is 12.3 Å². The third-order valence-electron chi connectivity index (χ3n) is 4.18. The fourth-order valence-electron chi connectivity index (χ4n) is 2.91. The minimum Gasteiger partial charge on any atom is -0.465 e. The van der Waals surface area contributed by atoms with Crippen LogP contribution < -0.4 is 9.46 Å². The van der Waals surface area contributed by atoms with Gasteiger partial charge in [0.05, 0.1) is 11.5 Å². The number of carbonyl (C=O) groups excluding carboxylic acids is 1. The van der Waals surface area contributed by atoms with E-state index in [9.17, 15) is 26.4 Å². The molecule has 0 fully saturated rings. The summed E-state index contributed by atoms with van der Waals surface area (Å²) in [4.78, 5) is 11.9. The van der Waals surface area contributed by atoms with Crippen molar-refractivity contribution >= 4 is 16.0 Å². The van der Waals surface area contributed by atoms with E-state index in [2.05, 4.69) is 9.46 Å². The second-order valence-corrected chi connectivity index (χ2v) is 8.05. The van der Waals surface area contributed by atoms with Gasteiger partial charge in [-0.2, -0.15) is 4.72 Å². The topological polar surface area (TPSA) is 81.7 Å². The van der Waals surface area contributed by atoms with Crippen molar-refractivity contribution in [3.63, 3.8) is 0 Å². The van der Waals surface area contributed by atoms with Crippen molar-refractivity contribution in [2.75, 3.05) is 6.61 Å². The van der Waals surface area contributed by atoms with E-state index in [0.717, 1.165) is 43.5 Å². The molecular weight excluding hydrogens is 399 g/mol. The first-order valence-electron chi connectivity index (χ1n) is 8.80. The molecule has 0 radical (unpaired) electrons. The molecule has 0 amide bonds. The first-order chi connectivity index (χ1) is 13.1. The van der Waals surface area contributed by atoms with Crippen LogP contribution in [0.2, 0.25) is 0 Å². The molecule has 2 rings (SSSR count). The Kier molecular flexibility index (Phi) is 7.48. The lowest BCUT2D eigenvalue weighted by atomic mass is 9.89. The quantitative estimate of drug-likeness (QED) is 0.513. The minimum absolute atomic E-state index is 0.102. The van der Waals surface area contributed by atoms with E-state index in [1.807, 2.05) is 12.2 Å². The van der Waals surface area contributed by atoms with Crippen molar-refractivity contribution in [1.82, 2.24) is 4.72 Å². The molecule has 0 aliphatic heterocycles. The van der Waals surface area contributed by atoms with Crippen molar-refractivity contribution < 1.29 is 35.9 Å². The first-order valence-corrected chi connectivity index (χ1v) is 10.3. The molecule has 1 aliphatic rings. The number of carbonyl (C=O) groups is 1. The Morgan fingerprint density at radius 1 is 1.25 bits per heavy atom. The van der Waals surface area contributed by atoms with Gasteiger partial charge in [0, 0.05) is 0 Å². The van der Waals surface area contributed by atoms with E-state index >= 15 is 0 Å². The van der Waals surface area contributed by atoms with Crippen LogP contribution >= 0.6 is 0 Å². The summed E-state index contributed by atoms with van der Waals surface area (Å²) in [6.07, 6.45) is 1.85. The fraction of sp³-hybridized carbons (Fsp3) is 0.500. The highest BCUT2D eigenvalue weighted by Gasteiger charge is 2.32. The molecule has 1 aromatic carbocycles. The van der Waals surface area contributed by atoms with Crippen LogP contribution in [0.4, 0.5) is 13.2 Å². The Morgan fingerprint density at radius 2 is 1.93 bits per heavy atom. The number of hydrogen-bond acceptors (Lipinski definition) is 5. The second kappa shape index (κ2) is 9.42. The molecule has 0 bridgehead atoms. The number of benzene rings is 1. The van der Waals surface area contributed by atoms with Crippen LogP contribution in [0.5, 0.6) is 5.75 Å². The molecule has 0 saturated heterocycles. The molecule has 6 nitrogen and oxygen atoms in total. The molecule has 156 valence electrons. The zero-order valence-electron chi connectivity index (χ0n) is 15.2. The Labute approximate surface area is 161 Å².